The number of hydrogen-bond acceptors (Lipinski definition) is 6. The summed E-state index contributed by atoms with van der Waals surface area (Å²) in [6, 6.07) is 13.6. The van der Waals surface area contributed by atoms with Crippen molar-refractivity contribution in [2.45, 2.75) is 13.0 Å². The molecule has 28 heavy (non-hydrogen) atoms. The second-order valence-corrected chi connectivity index (χ2v) is 6.01. The number of aliphatic imine (C=N–C) groups is 2. The lowest BCUT2D eigenvalue weighted by atomic mass is 10.0. The number of rotatable bonds is 6. The van der Waals surface area contributed by atoms with Gasteiger partial charge >= 0.3 is 0 Å². The van der Waals surface area contributed by atoms with Crippen LogP contribution in [0.5, 0.6) is 0 Å². The number of benzene rings is 1. The van der Waals surface area contributed by atoms with Gasteiger partial charge in [-0.3, -0.25) is 4.99 Å². The van der Waals surface area contributed by atoms with Gasteiger partial charge in [0.25, 0.3) is 0 Å². The Bertz CT molecular complexity index is 1100. The van der Waals surface area contributed by atoms with Crippen LogP contribution >= 0.6 is 0 Å². The molecule has 2 heterocycles. The van der Waals surface area contributed by atoms with Crippen molar-refractivity contribution in [1.82, 2.24) is 19.9 Å². The van der Waals surface area contributed by atoms with Crippen molar-refractivity contribution in [2.75, 3.05) is 7.05 Å². The quantitative estimate of drug-likeness (QED) is 0.392. The minimum absolute atomic E-state index is 0.0923. The number of nitriles is 1. The summed E-state index contributed by atoms with van der Waals surface area (Å²) in [5.41, 5.74) is 9.34. The molecule has 0 aliphatic heterocycles. The molecule has 0 aliphatic carbocycles. The first-order chi connectivity index (χ1) is 13.6. The molecule has 2 aromatic heterocycles. The molecule has 0 fully saturated rings. The van der Waals surface area contributed by atoms with Crippen LogP contribution in [0.3, 0.4) is 0 Å². The molecule has 0 saturated heterocycles. The van der Waals surface area contributed by atoms with Gasteiger partial charge in [-0.15, -0.1) is 0 Å². The van der Waals surface area contributed by atoms with E-state index in [1.165, 1.54) is 7.05 Å². The summed E-state index contributed by atoms with van der Waals surface area (Å²) in [5, 5.41) is 17.4. The minimum atomic E-state index is -0.252. The van der Waals surface area contributed by atoms with Crippen molar-refractivity contribution in [3.63, 3.8) is 0 Å². The van der Waals surface area contributed by atoms with Gasteiger partial charge in [-0.2, -0.15) is 10.4 Å². The van der Waals surface area contributed by atoms with Crippen LogP contribution in [-0.4, -0.2) is 34.2 Å². The van der Waals surface area contributed by atoms with Crippen LogP contribution < -0.4 is 11.1 Å². The Morgan fingerprint density at radius 3 is 2.75 bits per heavy atom. The number of nitrogens with zero attached hydrogens (tertiary/aromatic N) is 6. The Labute approximate surface area is 162 Å². The second kappa shape index (κ2) is 8.14. The monoisotopic (exact) mass is 372 g/mol. The molecule has 3 N–H and O–H groups in total. The van der Waals surface area contributed by atoms with Gasteiger partial charge in [-0.05, 0) is 19.7 Å². The van der Waals surface area contributed by atoms with E-state index >= 15 is 0 Å². The van der Waals surface area contributed by atoms with E-state index in [9.17, 15) is 5.26 Å². The summed E-state index contributed by atoms with van der Waals surface area (Å²) in [7, 11) is 1.51. The van der Waals surface area contributed by atoms with E-state index in [-0.39, 0.29) is 23.3 Å². The topological polar surface area (TPSA) is 117 Å². The van der Waals surface area contributed by atoms with Crippen molar-refractivity contribution in [1.29, 1.82) is 5.26 Å². The van der Waals surface area contributed by atoms with Crippen LogP contribution in [0.25, 0.3) is 16.9 Å². The van der Waals surface area contributed by atoms with Crippen molar-refractivity contribution in [3.8, 4) is 17.3 Å². The molecule has 1 atom stereocenters. The summed E-state index contributed by atoms with van der Waals surface area (Å²) in [6.07, 6.45) is 3.49. The van der Waals surface area contributed by atoms with E-state index in [1.807, 2.05) is 49.4 Å². The lowest BCUT2D eigenvalue weighted by molar-refractivity contribution is 0.643. The smallest absolute Gasteiger partial charge is 0.153 e. The van der Waals surface area contributed by atoms with E-state index in [1.54, 1.807) is 16.9 Å². The number of nitrogens with one attached hydrogen (secondary N) is 1. The highest BCUT2D eigenvalue weighted by molar-refractivity contribution is 6.01. The molecule has 0 aliphatic rings. The van der Waals surface area contributed by atoms with Gasteiger partial charge < -0.3 is 11.1 Å². The van der Waals surface area contributed by atoms with Gasteiger partial charge in [0, 0.05) is 30.6 Å². The Morgan fingerprint density at radius 2 is 2.11 bits per heavy atom. The third-order valence-electron chi connectivity index (χ3n) is 4.29. The highest BCUT2D eigenvalue weighted by Crippen LogP contribution is 2.28. The number of fused-ring (bicyclic) bond motifs is 1. The molecule has 3 aromatic rings. The zero-order chi connectivity index (χ0) is 20.1. The maximum absolute atomic E-state index is 9.44. The fraction of sp³-hybridized carbons (Fsp3) is 0.150. The van der Waals surface area contributed by atoms with Crippen LogP contribution in [0.1, 0.15) is 18.5 Å². The Balaban J connectivity index is 2.10. The molecule has 1 unspecified atom stereocenters. The maximum Gasteiger partial charge on any atom is 0.153 e. The van der Waals surface area contributed by atoms with Crippen molar-refractivity contribution in [2.24, 2.45) is 15.7 Å². The summed E-state index contributed by atoms with van der Waals surface area (Å²) < 4.78 is 1.73. The number of amidine groups is 1. The fourth-order valence-corrected chi connectivity index (χ4v) is 2.84. The van der Waals surface area contributed by atoms with E-state index in [2.05, 4.69) is 27.0 Å². The van der Waals surface area contributed by atoms with Gasteiger partial charge in [0.1, 0.15) is 23.3 Å². The molecule has 3 rings (SSSR count). The van der Waals surface area contributed by atoms with Gasteiger partial charge in [0.05, 0.1) is 11.7 Å². The van der Waals surface area contributed by atoms with E-state index in [0.717, 1.165) is 22.5 Å². The summed E-state index contributed by atoms with van der Waals surface area (Å²) in [4.78, 5) is 12.1. The second-order valence-electron chi connectivity index (χ2n) is 6.01. The summed E-state index contributed by atoms with van der Waals surface area (Å²) >= 11 is 0. The molecule has 0 radical (unpaired) electrons. The van der Waals surface area contributed by atoms with Crippen LogP contribution in [0.15, 0.2) is 70.2 Å². The van der Waals surface area contributed by atoms with Crippen LogP contribution in [0.2, 0.25) is 0 Å². The van der Waals surface area contributed by atoms with E-state index in [0.29, 0.717) is 0 Å². The van der Waals surface area contributed by atoms with Crippen molar-refractivity contribution < 1.29 is 0 Å². The third-order valence-corrected chi connectivity index (χ3v) is 4.29. The summed E-state index contributed by atoms with van der Waals surface area (Å²) in [5.74, 6) is 0.357. The molecule has 8 heteroatoms. The van der Waals surface area contributed by atoms with Crippen molar-refractivity contribution >= 4 is 18.2 Å². The molecule has 8 nitrogen and oxygen atoms in total. The number of imidazole rings is 1. The first kappa shape index (κ1) is 18.8. The van der Waals surface area contributed by atoms with Gasteiger partial charge in [0.15, 0.2) is 5.65 Å². The molecule has 0 amide bonds. The van der Waals surface area contributed by atoms with Crippen LogP contribution in [0, 0.1) is 11.3 Å². The predicted octanol–water partition coefficient (Wildman–Crippen LogP) is 2.47. The number of hydrogen-bond donors (Lipinski definition) is 2. The fourth-order valence-electron chi connectivity index (χ4n) is 2.84. The minimum Gasteiger partial charge on any atom is -0.383 e. The molecule has 0 bridgehead atoms. The molecule has 0 saturated carbocycles. The average Bonchev–Trinajstić information content (AvgIpc) is 3.20. The Morgan fingerprint density at radius 1 is 1.36 bits per heavy atom. The zero-order valence-corrected chi connectivity index (χ0v) is 15.7. The average molecular weight is 372 g/mol. The van der Waals surface area contributed by atoms with Crippen LogP contribution in [-0.2, 0) is 0 Å². The van der Waals surface area contributed by atoms with Gasteiger partial charge in [-0.1, -0.05) is 30.3 Å². The highest BCUT2D eigenvalue weighted by Gasteiger charge is 2.18. The third kappa shape index (κ3) is 3.59. The van der Waals surface area contributed by atoms with E-state index in [4.69, 9.17) is 10.8 Å². The molecule has 0 spiro atoms. The normalized spacial score (nSPS) is 13.5. The molecule has 140 valence electrons. The first-order valence-electron chi connectivity index (χ1n) is 8.59. The lowest BCUT2D eigenvalue weighted by Crippen LogP contribution is -2.24. The molecular weight excluding hydrogens is 352 g/mol. The molecule has 1 aromatic carbocycles. The number of nitrogens with two attached hydrogens (primary N) is 1. The Kier molecular flexibility index (Phi) is 5.46. The highest BCUT2D eigenvalue weighted by atomic mass is 15.2. The zero-order valence-electron chi connectivity index (χ0n) is 15.7. The predicted molar refractivity (Wildman–Crippen MR) is 110 cm³/mol. The standard InChI is InChI=1S/C20H20N8/c1-13(26-20(24-3)16(12-21)19(22)23-2)15-11-17-25-9-10-28(17)27-18(15)14-7-5-4-6-8-14/h4-11,13,26H,3H2,1-2H3,(H2,22,23)/b20-16+. The van der Waals surface area contributed by atoms with Crippen molar-refractivity contribution in [3.05, 3.63) is 65.7 Å². The van der Waals surface area contributed by atoms with Gasteiger partial charge in [-0.25, -0.2) is 14.5 Å². The van der Waals surface area contributed by atoms with Crippen LogP contribution in [0.4, 0.5) is 0 Å². The van der Waals surface area contributed by atoms with Gasteiger partial charge in [0.2, 0.25) is 0 Å². The maximum atomic E-state index is 9.44. The SMILES string of the molecule is C=N/C(NC(C)c1cc2nccn2nc1-c1ccccc1)=C(/C#N)C(N)=NC. The number of aromatic nitrogens is 3. The first-order valence-corrected chi connectivity index (χ1v) is 8.59. The Hall–Kier alpha value is -3.99. The lowest BCUT2D eigenvalue weighted by Gasteiger charge is -2.19. The van der Waals surface area contributed by atoms with E-state index < -0.39 is 0 Å². The molecular formula is C20H20N8. The summed E-state index contributed by atoms with van der Waals surface area (Å²) in [6.45, 7) is 5.50. The largest absolute Gasteiger partial charge is 0.383 e.